The summed E-state index contributed by atoms with van der Waals surface area (Å²) in [5.74, 6) is 5.07. The van der Waals surface area contributed by atoms with E-state index >= 15 is 0 Å². The average Bonchev–Trinajstić information content (AvgIpc) is 2.16. The number of nitrogens with one attached hydrogen (secondary N) is 2. The van der Waals surface area contributed by atoms with Gasteiger partial charge >= 0.3 is 0 Å². The Kier molecular flexibility index (Phi) is 6.76. The van der Waals surface area contributed by atoms with Gasteiger partial charge in [-0.25, -0.2) is 0 Å². The van der Waals surface area contributed by atoms with E-state index in [0.717, 1.165) is 16.3 Å². The lowest BCUT2D eigenvalue weighted by atomic mass is 10.2. The molecule has 1 rings (SSSR count). The van der Waals surface area contributed by atoms with Gasteiger partial charge in [0.05, 0.1) is 5.56 Å². The highest BCUT2D eigenvalue weighted by Gasteiger charge is 2.14. The maximum atomic E-state index is 11.9. The number of hydrazine groups is 1. The summed E-state index contributed by atoms with van der Waals surface area (Å²) in [5.41, 5.74) is 3.23. The second kappa shape index (κ2) is 7.28. The maximum Gasteiger partial charge on any atom is 0.253 e. The van der Waals surface area contributed by atoms with Crippen LogP contribution in [0.1, 0.15) is 10.4 Å². The third-order valence-corrected chi connectivity index (χ3v) is 4.11. The molecule has 0 saturated carbocycles. The van der Waals surface area contributed by atoms with Crippen molar-refractivity contribution >= 4 is 73.7 Å². The molecule has 0 bridgehead atoms. The minimum Gasteiger partial charge on any atom is -0.351 e. The molecule has 0 aliphatic heterocycles. The van der Waals surface area contributed by atoms with Gasteiger partial charge in [-0.15, -0.1) is 0 Å². The maximum absolute atomic E-state index is 11.9. The van der Waals surface area contributed by atoms with Gasteiger partial charge in [0.2, 0.25) is 0 Å². The van der Waals surface area contributed by atoms with E-state index in [1.807, 2.05) is 12.1 Å². The Balaban J connectivity index is 2.83. The predicted molar refractivity (Wildman–Crippen MR) is 89.1 cm³/mol. The number of nitrogens with two attached hydrogens (primary N) is 1. The minimum atomic E-state index is -0.0551. The normalized spacial score (nSPS) is 10.2. The molecule has 4 N–H and O–H groups in total. The van der Waals surface area contributed by atoms with E-state index in [0.29, 0.717) is 13.1 Å². The molecule has 0 unspecified atom stereocenters. The Bertz CT molecular complexity index is 375. The van der Waals surface area contributed by atoms with Crippen LogP contribution in [-0.4, -0.2) is 19.0 Å². The average molecular weight is 557 g/mol. The molecule has 4 nitrogen and oxygen atoms in total. The molecule has 0 saturated heterocycles. The predicted octanol–water partition coefficient (Wildman–Crippen LogP) is 1.69. The summed E-state index contributed by atoms with van der Waals surface area (Å²) in [6.45, 7) is 1.08. The highest BCUT2D eigenvalue weighted by atomic mass is 127. The Morgan fingerprint density at radius 2 is 1.75 bits per heavy atom. The number of rotatable bonds is 4. The van der Waals surface area contributed by atoms with Crippen molar-refractivity contribution in [2.45, 2.75) is 0 Å². The van der Waals surface area contributed by atoms with Gasteiger partial charge in [-0.05, 0) is 79.9 Å². The van der Waals surface area contributed by atoms with Crippen molar-refractivity contribution in [1.29, 1.82) is 0 Å². The SMILES string of the molecule is NNCCNC(=O)c1c(I)cc(I)cc1I. The van der Waals surface area contributed by atoms with Crippen LogP contribution in [0.3, 0.4) is 0 Å². The quantitative estimate of drug-likeness (QED) is 0.229. The van der Waals surface area contributed by atoms with Crippen molar-refractivity contribution in [3.8, 4) is 0 Å². The molecule has 0 aliphatic carbocycles. The summed E-state index contributed by atoms with van der Waals surface area (Å²) in [7, 11) is 0. The second-order valence-electron chi connectivity index (χ2n) is 2.95. The summed E-state index contributed by atoms with van der Waals surface area (Å²) in [6.07, 6.45) is 0. The van der Waals surface area contributed by atoms with E-state index in [1.54, 1.807) is 0 Å². The van der Waals surface area contributed by atoms with Crippen molar-refractivity contribution in [2.24, 2.45) is 5.84 Å². The third kappa shape index (κ3) is 4.23. The van der Waals surface area contributed by atoms with Gasteiger partial charge in [-0.2, -0.15) is 0 Å². The number of carbonyl (C=O) groups is 1. The third-order valence-electron chi connectivity index (χ3n) is 1.79. The molecule has 0 heterocycles. The molecule has 0 radical (unpaired) electrons. The fourth-order valence-corrected chi connectivity index (χ4v) is 5.17. The van der Waals surface area contributed by atoms with Gasteiger partial charge in [-0.3, -0.25) is 16.1 Å². The first-order valence-electron chi connectivity index (χ1n) is 4.42. The zero-order valence-corrected chi connectivity index (χ0v) is 14.7. The van der Waals surface area contributed by atoms with E-state index in [2.05, 4.69) is 78.5 Å². The van der Waals surface area contributed by atoms with Crippen LogP contribution in [0.4, 0.5) is 0 Å². The molecule has 0 aromatic heterocycles. The van der Waals surface area contributed by atoms with Gasteiger partial charge in [0, 0.05) is 23.8 Å². The monoisotopic (exact) mass is 557 g/mol. The zero-order chi connectivity index (χ0) is 12.1. The molecule has 0 fully saturated rings. The van der Waals surface area contributed by atoms with Gasteiger partial charge < -0.3 is 5.32 Å². The van der Waals surface area contributed by atoms with Crippen LogP contribution in [-0.2, 0) is 0 Å². The first-order valence-corrected chi connectivity index (χ1v) is 7.66. The molecule has 0 atom stereocenters. The lowest BCUT2D eigenvalue weighted by Crippen LogP contribution is -2.35. The summed E-state index contributed by atoms with van der Waals surface area (Å²) in [6, 6.07) is 3.97. The Labute approximate surface area is 135 Å². The van der Waals surface area contributed by atoms with E-state index < -0.39 is 0 Å². The van der Waals surface area contributed by atoms with Gasteiger partial charge in [0.1, 0.15) is 0 Å². The number of halogens is 3. The van der Waals surface area contributed by atoms with Crippen LogP contribution in [0, 0.1) is 10.7 Å². The number of carbonyl (C=O) groups excluding carboxylic acids is 1. The lowest BCUT2D eigenvalue weighted by Gasteiger charge is -2.09. The van der Waals surface area contributed by atoms with Gasteiger partial charge in [0.25, 0.3) is 5.91 Å². The number of benzene rings is 1. The smallest absolute Gasteiger partial charge is 0.253 e. The van der Waals surface area contributed by atoms with E-state index in [-0.39, 0.29) is 5.91 Å². The van der Waals surface area contributed by atoms with Crippen molar-refractivity contribution in [3.05, 3.63) is 28.4 Å². The standard InChI is InChI=1S/C9H10I3N3O/c10-5-3-6(11)8(7(12)4-5)9(16)14-1-2-15-13/h3-4,15H,1-2,13H2,(H,14,16). The first kappa shape index (κ1) is 14.9. The topological polar surface area (TPSA) is 67.2 Å². The fourth-order valence-electron chi connectivity index (χ4n) is 1.10. The van der Waals surface area contributed by atoms with E-state index in [4.69, 9.17) is 5.84 Å². The molecule has 1 amide bonds. The Hall–Kier alpha value is 0.800. The summed E-state index contributed by atoms with van der Waals surface area (Å²) in [5, 5.41) is 2.81. The van der Waals surface area contributed by atoms with E-state index in [1.165, 1.54) is 0 Å². The fraction of sp³-hybridized carbons (Fsp3) is 0.222. The first-order chi connectivity index (χ1) is 7.56. The number of hydrogen-bond donors (Lipinski definition) is 3. The van der Waals surface area contributed by atoms with Gasteiger partial charge in [-0.1, -0.05) is 0 Å². The summed E-state index contributed by atoms with van der Waals surface area (Å²) < 4.78 is 3.06. The van der Waals surface area contributed by atoms with Crippen molar-refractivity contribution in [3.63, 3.8) is 0 Å². The molecular weight excluding hydrogens is 547 g/mol. The minimum absolute atomic E-state index is 0.0551. The Morgan fingerprint density at radius 3 is 2.25 bits per heavy atom. The molecule has 0 aliphatic rings. The van der Waals surface area contributed by atoms with Gasteiger partial charge in [0.15, 0.2) is 0 Å². The van der Waals surface area contributed by atoms with Crippen LogP contribution in [0.2, 0.25) is 0 Å². The van der Waals surface area contributed by atoms with Crippen molar-refractivity contribution < 1.29 is 4.79 Å². The summed E-state index contributed by atoms with van der Waals surface area (Å²) in [4.78, 5) is 11.9. The van der Waals surface area contributed by atoms with Crippen LogP contribution < -0.4 is 16.6 Å². The zero-order valence-electron chi connectivity index (χ0n) is 8.19. The second-order valence-corrected chi connectivity index (χ2v) is 6.52. The van der Waals surface area contributed by atoms with Crippen molar-refractivity contribution in [1.82, 2.24) is 10.7 Å². The van der Waals surface area contributed by atoms with Crippen molar-refractivity contribution in [2.75, 3.05) is 13.1 Å². The molecule has 88 valence electrons. The summed E-state index contributed by atoms with van der Waals surface area (Å²) >= 11 is 6.59. The number of amides is 1. The van der Waals surface area contributed by atoms with Crippen LogP contribution in [0.5, 0.6) is 0 Å². The van der Waals surface area contributed by atoms with E-state index in [9.17, 15) is 4.79 Å². The van der Waals surface area contributed by atoms with Crippen LogP contribution in [0.15, 0.2) is 12.1 Å². The molecule has 16 heavy (non-hydrogen) atoms. The molecular formula is C9H10I3N3O. The molecule has 0 spiro atoms. The Morgan fingerprint density at radius 1 is 1.19 bits per heavy atom. The molecule has 7 heteroatoms. The molecule has 1 aromatic rings. The van der Waals surface area contributed by atoms with Crippen LogP contribution in [0.25, 0.3) is 0 Å². The largest absolute Gasteiger partial charge is 0.351 e. The molecule has 1 aromatic carbocycles. The van der Waals surface area contributed by atoms with Crippen LogP contribution >= 0.6 is 67.8 Å². The highest BCUT2D eigenvalue weighted by molar-refractivity contribution is 14.1. The number of hydrogen-bond acceptors (Lipinski definition) is 3. The lowest BCUT2D eigenvalue weighted by molar-refractivity contribution is 0.0952. The highest BCUT2D eigenvalue weighted by Crippen LogP contribution is 2.22.